The number of ether oxygens (including phenoxy) is 3. The Labute approximate surface area is 195 Å². The van der Waals surface area contributed by atoms with Crippen LogP contribution in [0.5, 0.6) is 17.2 Å². The molecule has 3 aromatic carbocycles. The molecule has 0 N–H and O–H groups in total. The molecule has 0 aliphatic rings. The number of rotatable bonds is 8. The topological polar surface area (TPSA) is 75.0 Å². The van der Waals surface area contributed by atoms with E-state index >= 15 is 0 Å². The van der Waals surface area contributed by atoms with Crippen LogP contribution in [0.15, 0.2) is 82.2 Å². The molecule has 7 heteroatoms. The number of hydrogen-bond acceptors (Lipinski definition) is 6. The Morgan fingerprint density at radius 1 is 1.00 bits per heavy atom. The van der Waals surface area contributed by atoms with Crippen LogP contribution in [0, 0.1) is 0 Å². The zero-order valence-corrected chi connectivity index (χ0v) is 18.6. The van der Waals surface area contributed by atoms with Crippen LogP contribution in [0.3, 0.4) is 0 Å². The summed E-state index contributed by atoms with van der Waals surface area (Å²) in [5.41, 5.74) is 1.40. The second-order valence-corrected chi connectivity index (χ2v) is 7.70. The van der Waals surface area contributed by atoms with E-state index in [-0.39, 0.29) is 11.2 Å². The highest BCUT2D eigenvalue weighted by Gasteiger charge is 2.12. The summed E-state index contributed by atoms with van der Waals surface area (Å²) in [7, 11) is 0. The Morgan fingerprint density at radius 2 is 1.79 bits per heavy atom. The third-order valence-electron chi connectivity index (χ3n) is 4.76. The Morgan fingerprint density at radius 3 is 2.55 bits per heavy atom. The summed E-state index contributed by atoms with van der Waals surface area (Å²) < 4.78 is 22.2. The summed E-state index contributed by atoms with van der Waals surface area (Å²) in [6.07, 6.45) is 2.01. The van der Waals surface area contributed by atoms with E-state index in [1.54, 1.807) is 48.5 Å². The molecule has 0 saturated carbocycles. The van der Waals surface area contributed by atoms with E-state index in [0.29, 0.717) is 46.3 Å². The van der Waals surface area contributed by atoms with Gasteiger partial charge in [0.25, 0.3) is 0 Å². The molecule has 33 heavy (non-hydrogen) atoms. The van der Waals surface area contributed by atoms with Gasteiger partial charge < -0.3 is 18.6 Å². The average molecular weight is 465 g/mol. The number of benzene rings is 3. The SMILES string of the molecule is CCCOC(=O)c1ccc(Oc2coc3cc(OCc4cccc(Cl)c4)ccc3c2=O)cc1. The largest absolute Gasteiger partial charge is 0.489 e. The molecule has 0 unspecified atom stereocenters. The second kappa shape index (κ2) is 10.2. The minimum absolute atomic E-state index is 0.0383. The molecular formula is C26H21ClO6. The first-order valence-corrected chi connectivity index (χ1v) is 10.8. The van der Waals surface area contributed by atoms with Crippen LogP contribution >= 0.6 is 11.6 Å². The van der Waals surface area contributed by atoms with Gasteiger partial charge in [0.2, 0.25) is 11.2 Å². The van der Waals surface area contributed by atoms with E-state index in [2.05, 4.69) is 0 Å². The molecule has 6 nitrogen and oxygen atoms in total. The van der Waals surface area contributed by atoms with Crippen molar-refractivity contribution in [2.75, 3.05) is 6.61 Å². The van der Waals surface area contributed by atoms with Crippen molar-refractivity contribution < 1.29 is 23.4 Å². The summed E-state index contributed by atoms with van der Waals surface area (Å²) in [5, 5.41) is 1.00. The van der Waals surface area contributed by atoms with Crippen molar-refractivity contribution in [2.24, 2.45) is 0 Å². The molecule has 168 valence electrons. The maximum Gasteiger partial charge on any atom is 0.338 e. The molecule has 0 spiro atoms. The smallest absolute Gasteiger partial charge is 0.338 e. The molecule has 0 saturated heterocycles. The third-order valence-corrected chi connectivity index (χ3v) is 5.00. The number of hydrogen-bond donors (Lipinski definition) is 0. The van der Waals surface area contributed by atoms with Crippen molar-refractivity contribution in [1.82, 2.24) is 0 Å². The molecule has 4 aromatic rings. The molecule has 1 aromatic heterocycles. The molecular weight excluding hydrogens is 444 g/mol. The van der Waals surface area contributed by atoms with Gasteiger partial charge in [0.1, 0.15) is 30.0 Å². The van der Waals surface area contributed by atoms with Gasteiger partial charge in [-0.3, -0.25) is 4.79 Å². The summed E-state index contributed by atoms with van der Waals surface area (Å²) in [6, 6.07) is 18.7. The van der Waals surface area contributed by atoms with Gasteiger partial charge in [-0.1, -0.05) is 30.7 Å². The highest BCUT2D eigenvalue weighted by atomic mass is 35.5. The molecule has 1 heterocycles. The van der Waals surface area contributed by atoms with Gasteiger partial charge in [-0.2, -0.15) is 0 Å². The summed E-state index contributed by atoms with van der Waals surface area (Å²) in [6.45, 7) is 2.62. The van der Waals surface area contributed by atoms with E-state index < -0.39 is 5.97 Å². The molecule has 0 atom stereocenters. The van der Waals surface area contributed by atoms with E-state index in [1.807, 2.05) is 25.1 Å². The van der Waals surface area contributed by atoms with Crippen molar-refractivity contribution in [1.29, 1.82) is 0 Å². The Bertz CT molecular complexity index is 1330. The lowest BCUT2D eigenvalue weighted by atomic mass is 10.2. The number of esters is 1. The van der Waals surface area contributed by atoms with Crippen LogP contribution in [-0.2, 0) is 11.3 Å². The van der Waals surface area contributed by atoms with Gasteiger partial charge >= 0.3 is 5.97 Å². The first-order chi connectivity index (χ1) is 16.0. The first-order valence-electron chi connectivity index (χ1n) is 10.4. The second-order valence-electron chi connectivity index (χ2n) is 7.27. The van der Waals surface area contributed by atoms with Crippen molar-refractivity contribution in [2.45, 2.75) is 20.0 Å². The summed E-state index contributed by atoms with van der Waals surface area (Å²) in [4.78, 5) is 24.7. The molecule has 0 amide bonds. The lowest BCUT2D eigenvalue weighted by Gasteiger charge is -2.09. The van der Waals surface area contributed by atoms with Crippen molar-refractivity contribution in [3.05, 3.63) is 99.4 Å². The van der Waals surface area contributed by atoms with Crippen LogP contribution in [0.4, 0.5) is 0 Å². The van der Waals surface area contributed by atoms with Crippen LogP contribution in [0.2, 0.25) is 5.02 Å². The van der Waals surface area contributed by atoms with Crippen molar-refractivity contribution in [3.63, 3.8) is 0 Å². The predicted octanol–water partition coefficient (Wildman–Crippen LogP) is 6.38. The standard InChI is InChI=1S/C26H21ClO6/c1-2-12-30-26(29)18-6-8-20(9-7-18)33-24-16-32-23-14-21(10-11-22(23)25(24)28)31-15-17-4-3-5-19(27)13-17/h3-11,13-14,16H,2,12,15H2,1H3. The van der Waals surface area contributed by atoms with Gasteiger partial charge in [0.05, 0.1) is 17.6 Å². The van der Waals surface area contributed by atoms with E-state index in [0.717, 1.165) is 12.0 Å². The van der Waals surface area contributed by atoms with Gasteiger partial charge in [0, 0.05) is 11.1 Å². The zero-order valence-electron chi connectivity index (χ0n) is 17.9. The van der Waals surface area contributed by atoms with Gasteiger partial charge in [-0.15, -0.1) is 0 Å². The van der Waals surface area contributed by atoms with Crippen molar-refractivity contribution in [3.8, 4) is 17.2 Å². The normalized spacial score (nSPS) is 10.7. The molecule has 0 aliphatic heterocycles. The molecule has 0 radical (unpaired) electrons. The lowest BCUT2D eigenvalue weighted by Crippen LogP contribution is -2.06. The maximum atomic E-state index is 12.8. The van der Waals surface area contributed by atoms with E-state index in [4.69, 9.17) is 30.2 Å². The average Bonchev–Trinajstić information content (AvgIpc) is 2.83. The monoisotopic (exact) mass is 464 g/mol. The van der Waals surface area contributed by atoms with Crippen molar-refractivity contribution >= 4 is 28.5 Å². The van der Waals surface area contributed by atoms with Gasteiger partial charge in [-0.05, 0) is 60.5 Å². The number of carbonyl (C=O) groups excluding carboxylic acids is 1. The number of halogens is 1. The minimum Gasteiger partial charge on any atom is -0.489 e. The Hall–Kier alpha value is -3.77. The van der Waals surface area contributed by atoms with Crippen LogP contribution in [-0.4, -0.2) is 12.6 Å². The summed E-state index contributed by atoms with van der Waals surface area (Å²) in [5.74, 6) is 0.596. The molecule has 0 fully saturated rings. The van der Waals surface area contributed by atoms with Crippen LogP contribution < -0.4 is 14.9 Å². The van der Waals surface area contributed by atoms with E-state index in [9.17, 15) is 9.59 Å². The first kappa shape index (κ1) is 22.4. The van der Waals surface area contributed by atoms with Gasteiger partial charge in [-0.25, -0.2) is 4.79 Å². The highest BCUT2D eigenvalue weighted by Crippen LogP contribution is 2.25. The number of carbonyl (C=O) groups is 1. The highest BCUT2D eigenvalue weighted by molar-refractivity contribution is 6.30. The minimum atomic E-state index is -0.401. The van der Waals surface area contributed by atoms with Gasteiger partial charge in [0.15, 0.2) is 0 Å². The predicted molar refractivity (Wildman–Crippen MR) is 125 cm³/mol. The fourth-order valence-electron chi connectivity index (χ4n) is 3.11. The maximum absolute atomic E-state index is 12.8. The Kier molecular flexibility index (Phi) is 6.95. The lowest BCUT2D eigenvalue weighted by molar-refractivity contribution is 0.0505. The molecule has 0 aliphatic carbocycles. The van der Waals surface area contributed by atoms with Crippen LogP contribution in [0.1, 0.15) is 29.3 Å². The zero-order chi connectivity index (χ0) is 23.2. The Balaban J connectivity index is 1.47. The summed E-state index contributed by atoms with van der Waals surface area (Å²) >= 11 is 6.00. The van der Waals surface area contributed by atoms with E-state index in [1.165, 1.54) is 6.26 Å². The van der Waals surface area contributed by atoms with Crippen LogP contribution in [0.25, 0.3) is 11.0 Å². The molecule has 4 rings (SSSR count). The third kappa shape index (κ3) is 5.54. The molecule has 0 bridgehead atoms. The quantitative estimate of drug-likeness (QED) is 0.281. The fraction of sp³-hybridized carbons (Fsp3) is 0.154. The fourth-order valence-corrected chi connectivity index (χ4v) is 3.32. The number of fused-ring (bicyclic) bond motifs is 1.